The molecular formula is C20H19F3N6O2. The Balaban J connectivity index is 1.83. The van der Waals surface area contributed by atoms with E-state index in [-0.39, 0.29) is 12.5 Å². The summed E-state index contributed by atoms with van der Waals surface area (Å²) in [6.07, 6.45) is -3.40. The molecule has 0 spiro atoms. The van der Waals surface area contributed by atoms with Crippen molar-refractivity contribution in [2.24, 2.45) is 7.05 Å². The van der Waals surface area contributed by atoms with Gasteiger partial charge in [-0.3, -0.25) is 9.36 Å². The van der Waals surface area contributed by atoms with E-state index in [1.807, 2.05) is 0 Å². The van der Waals surface area contributed by atoms with E-state index in [4.69, 9.17) is 0 Å². The number of halogens is 3. The van der Waals surface area contributed by atoms with Gasteiger partial charge in [0.1, 0.15) is 11.2 Å². The van der Waals surface area contributed by atoms with Gasteiger partial charge in [-0.15, -0.1) is 5.10 Å². The zero-order valence-corrected chi connectivity index (χ0v) is 16.9. The summed E-state index contributed by atoms with van der Waals surface area (Å²) in [5, 5.41) is 21.2. The van der Waals surface area contributed by atoms with Crippen molar-refractivity contribution in [2.45, 2.75) is 25.6 Å². The second kappa shape index (κ2) is 7.05. The van der Waals surface area contributed by atoms with Gasteiger partial charge in [0.2, 0.25) is 0 Å². The summed E-state index contributed by atoms with van der Waals surface area (Å²) in [4.78, 5) is 16.0. The van der Waals surface area contributed by atoms with Gasteiger partial charge in [0.25, 0.3) is 5.91 Å². The fourth-order valence-corrected chi connectivity index (χ4v) is 3.30. The number of benzene rings is 1. The van der Waals surface area contributed by atoms with Gasteiger partial charge in [-0.1, -0.05) is 5.21 Å². The van der Waals surface area contributed by atoms with Gasteiger partial charge in [-0.25, -0.2) is 9.67 Å². The van der Waals surface area contributed by atoms with Crippen LogP contribution in [0.5, 0.6) is 0 Å². The molecule has 8 nitrogen and oxygen atoms in total. The van der Waals surface area contributed by atoms with Crippen molar-refractivity contribution in [1.82, 2.24) is 29.9 Å². The van der Waals surface area contributed by atoms with E-state index in [2.05, 4.69) is 20.6 Å². The summed E-state index contributed by atoms with van der Waals surface area (Å²) >= 11 is 0. The normalized spacial score (nSPS) is 12.6. The highest BCUT2D eigenvalue weighted by molar-refractivity contribution is 6.09. The van der Waals surface area contributed by atoms with Crippen LogP contribution in [-0.2, 0) is 13.2 Å². The molecule has 11 heteroatoms. The highest BCUT2D eigenvalue weighted by Crippen LogP contribution is 2.32. The molecule has 0 saturated heterocycles. The molecule has 4 rings (SSSR count). The van der Waals surface area contributed by atoms with Gasteiger partial charge in [-0.05, 0) is 44.2 Å². The summed E-state index contributed by atoms with van der Waals surface area (Å²) in [6, 6.07) is 7.16. The Morgan fingerprint density at radius 1 is 1.19 bits per heavy atom. The number of nitrogens with one attached hydrogen (secondary N) is 1. The minimum atomic E-state index is -4.54. The molecule has 0 aliphatic carbocycles. The van der Waals surface area contributed by atoms with E-state index < -0.39 is 17.5 Å². The first-order chi connectivity index (χ1) is 14.5. The van der Waals surface area contributed by atoms with Crippen LogP contribution in [0.1, 0.15) is 29.9 Å². The molecule has 0 radical (unpaired) electrons. The number of pyridine rings is 1. The third-order valence-corrected chi connectivity index (χ3v) is 4.74. The van der Waals surface area contributed by atoms with Crippen molar-refractivity contribution in [3.8, 4) is 5.69 Å². The number of alkyl halides is 3. The maximum Gasteiger partial charge on any atom is 0.433 e. The fourth-order valence-electron chi connectivity index (χ4n) is 3.30. The van der Waals surface area contributed by atoms with Crippen molar-refractivity contribution >= 4 is 28.0 Å². The van der Waals surface area contributed by atoms with Crippen LogP contribution < -0.4 is 5.32 Å². The van der Waals surface area contributed by atoms with Crippen LogP contribution in [0, 0.1) is 0 Å². The number of hydrogen-bond acceptors (Lipinski definition) is 5. The van der Waals surface area contributed by atoms with Crippen molar-refractivity contribution in [3.63, 3.8) is 0 Å². The van der Waals surface area contributed by atoms with E-state index >= 15 is 0 Å². The maximum atomic E-state index is 12.9. The standard InChI is InChI=1S/C20H19F3N6O2/c1-19(2,31)10-25-17(30)11-4-6-14-13(8-11)16-18(28(3)27-26-16)29(14)12-5-7-15(24-9-12)20(21,22)23/h4-9,31H,10H2,1-3H3,(H,25,30). The Kier molecular flexibility index (Phi) is 4.73. The smallest absolute Gasteiger partial charge is 0.389 e. The van der Waals surface area contributed by atoms with Gasteiger partial charge in [0.05, 0.1) is 23.0 Å². The average Bonchev–Trinajstić information content (AvgIpc) is 3.22. The summed E-state index contributed by atoms with van der Waals surface area (Å²) in [5.74, 6) is -0.370. The molecule has 0 aliphatic heterocycles. The molecule has 0 aliphatic rings. The SMILES string of the molecule is Cn1nnc2c3cc(C(=O)NCC(C)(C)O)ccc3n(-c3ccc(C(F)(F)F)nc3)c21. The molecule has 3 aromatic heterocycles. The first-order valence-corrected chi connectivity index (χ1v) is 9.34. The Morgan fingerprint density at radius 3 is 2.55 bits per heavy atom. The van der Waals surface area contributed by atoms with E-state index in [0.29, 0.717) is 33.3 Å². The van der Waals surface area contributed by atoms with E-state index in [0.717, 1.165) is 12.3 Å². The van der Waals surface area contributed by atoms with Gasteiger partial charge in [0, 0.05) is 24.5 Å². The van der Waals surface area contributed by atoms with E-state index in [1.54, 1.807) is 43.7 Å². The minimum absolute atomic E-state index is 0.0721. The fraction of sp³-hybridized carbons (Fsp3) is 0.300. The van der Waals surface area contributed by atoms with Crippen LogP contribution in [0.4, 0.5) is 13.2 Å². The van der Waals surface area contributed by atoms with Crippen LogP contribution in [0.2, 0.25) is 0 Å². The largest absolute Gasteiger partial charge is 0.433 e. The topological polar surface area (TPSA) is 97.9 Å². The Bertz CT molecular complexity index is 1280. The number of rotatable bonds is 4. The first kappa shape index (κ1) is 20.8. The van der Waals surface area contributed by atoms with Crippen LogP contribution in [0.25, 0.3) is 27.8 Å². The molecule has 1 amide bonds. The first-order valence-electron chi connectivity index (χ1n) is 9.34. The van der Waals surface area contributed by atoms with Crippen molar-refractivity contribution < 1.29 is 23.1 Å². The van der Waals surface area contributed by atoms with Crippen LogP contribution in [0.3, 0.4) is 0 Å². The summed E-state index contributed by atoms with van der Waals surface area (Å²) < 4.78 is 41.9. The molecule has 1 aromatic carbocycles. The molecule has 162 valence electrons. The highest BCUT2D eigenvalue weighted by atomic mass is 19.4. The molecular weight excluding hydrogens is 413 g/mol. The van der Waals surface area contributed by atoms with Crippen molar-refractivity contribution in [2.75, 3.05) is 6.54 Å². The number of hydrogen-bond donors (Lipinski definition) is 2. The quantitative estimate of drug-likeness (QED) is 0.517. The Morgan fingerprint density at radius 2 is 1.94 bits per heavy atom. The van der Waals surface area contributed by atoms with Gasteiger partial charge < -0.3 is 10.4 Å². The number of aromatic nitrogens is 5. The van der Waals surface area contributed by atoms with E-state index in [9.17, 15) is 23.1 Å². The second-order valence-electron chi connectivity index (χ2n) is 7.85. The minimum Gasteiger partial charge on any atom is -0.389 e. The maximum absolute atomic E-state index is 12.9. The predicted molar refractivity (Wildman–Crippen MR) is 107 cm³/mol. The van der Waals surface area contributed by atoms with E-state index in [1.165, 1.54) is 10.7 Å². The number of carbonyl (C=O) groups is 1. The lowest BCUT2D eigenvalue weighted by Gasteiger charge is -2.17. The Labute approximate surface area is 174 Å². The van der Waals surface area contributed by atoms with Gasteiger partial charge in [0.15, 0.2) is 5.65 Å². The Hall–Kier alpha value is -3.47. The average molecular weight is 432 g/mol. The monoisotopic (exact) mass is 432 g/mol. The third kappa shape index (κ3) is 3.83. The number of amides is 1. The van der Waals surface area contributed by atoms with Crippen molar-refractivity contribution in [1.29, 1.82) is 0 Å². The molecule has 31 heavy (non-hydrogen) atoms. The summed E-state index contributed by atoms with van der Waals surface area (Å²) in [5.41, 5.74) is 0.385. The molecule has 0 bridgehead atoms. The lowest BCUT2D eigenvalue weighted by atomic mass is 10.1. The number of carbonyl (C=O) groups excluding carboxylic acids is 1. The number of aryl methyl sites for hydroxylation is 1. The highest BCUT2D eigenvalue weighted by Gasteiger charge is 2.32. The number of fused-ring (bicyclic) bond motifs is 3. The van der Waals surface area contributed by atoms with Crippen LogP contribution in [0.15, 0.2) is 36.5 Å². The van der Waals surface area contributed by atoms with Crippen LogP contribution >= 0.6 is 0 Å². The molecule has 0 fully saturated rings. The van der Waals surface area contributed by atoms with Crippen LogP contribution in [-0.4, -0.2) is 47.7 Å². The predicted octanol–water partition coefficient (Wildman–Crippen LogP) is 2.83. The zero-order valence-electron chi connectivity index (χ0n) is 16.9. The summed E-state index contributed by atoms with van der Waals surface area (Å²) in [7, 11) is 1.67. The number of nitrogens with zero attached hydrogens (tertiary/aromatic N) is 5. The molecule has 0 saturated carbocycles. The lowest BCUT2D eigenvalue weighted by molar-refractivity contribution is -0.141. The summed E-state index contributed by atoms with van der Waals surface area (Å²) in [6.45, 7) is 3.23. The second-order valence-corrected chi connectivity index (χ2v) is 7.85. The molecule has 3 heterocycles. The van der Waals surface area contributed by atoms with Gasteiger partial charge >= 0.3 is 6.18 Å². The van der Waals surface area contributed by atoms with Crippen molar-refractivity contribution in [3.05, 3.63) is 47.8 Å². The third-order valence-electron chi connectivity index (χ3n) is 4.74. The molecule has 2 N–H and O–H groups in total. The number of aliphatic hydroxyl groups is 1. The molecule has 0 unspecified atom stereocenters. The van der Waals surface area contributed by atoms with Gasteiger partial charge in [-0.2, -0.15) is 13.2 Å². The molecule has 0 atom stereocenters. The molecule has 4 aromatic rings. The zero-order chi connectivity index (χ0) is 22.6. The lowest BCUT2D eigenvalue weighted by Crippen LogP contribution is -2.38.